The van der Waals surface area contributed by atoms with Crippen molar-refractivity contribution in [2.75, 3.05) is 26.2 Å². The van der Waals surface area contributed by atoms with Gasteiger partial charge in [-0.05, 0) is 23.0 Å². The molecule has 0 radical (unpaired) electrons. The van der Waals surface area contributed by atoms with Gasteiger partial charge in [0, 0.05) is 38.6 Å². The molecule has 0 aliphatic carbocycles. The van der Waals surface area contributed by atoms with Crippen LogP contribution in [0, 0.1) is 5.41 Å². The van der Waals surface area contributed by atoms with Crippen LogP contribution < -0.4 is 5.32 Å². The minimum absolute atomic E-state index is 0.338. The summed E-state index contributed by atoms with van der Waals surface area (Å²) < 4.78 is 0. The van der Waals surface area contributed by atoms with Crippen LogP contribution in [0.1, 0.15) is 44.2 Å². The van der Waals surface area contributed by atoms with Crippen molar-refractivity contribution in [2.24, 2.45) is 5.41 Å². The van der Waals surface area contributed by atoms with Crippen LogP contribution in [0.2, 0.25) is 0 Å². The fourth-order valence-corrected chi connectivity index (χ4v) is 3.62. The molecule has 2 heteroatoms. The molecule has 1 unspecified atom stereocenters. The predicted octanol–water partition coefficient (Wildman–Crippen LogP) is 3.55. The van der Waals surface area contributed by atoms with E-state index in [1.165, 1.54) is 25.1 Å². The van der Waals surface area contributed by atoms with Crippen LogP contribution >= 0.6 is 0 Å². The summed E-state index contributed by atoms with van der Waals surface area (Å²) in [6, 6.07) is 8.93. The Bertz CT molecular complexity index is 525. The van der Waals surface area contributed by atoms with Crippen molar-refractivity contribution in [2.45, 2.75) is 39.7 Å². The SMILES string of the molecule is CC(C)(C)C1=CCN(CC2CNCc3ccccc32)CC1. The first kappa shape index (κ1) is 14.8. The topological polar surface area (TPSA) is 15.3 Å². The van der Waals surface area contributed by atoms with Gasteiger partial charge in [0.2, 0.25) is 0 Å². The van der Waals surface area contributed by atoms with Gasteiger partial charge in [0.05, 0.1) is 0 Å². The number of nitrogens with one attached hydrogen (secondary N) is 1. The van der Waals surface area contributed by atoms with Crippen molar-refractivity contribution >= 4 is 0 Å². The molecule has 1 N–H and O–H groups in total. The number of nitrogens with zero attached hydrogens (tertiary/aromatic N) is 1. The maximum atomic E-state index is 3.57. The average Bonchev–Trinajstić information content (AvgIpc) is 2.47. The Hall–Kier alpha value is -1.12. The minimum atomic E-state index is 0.338. The molecule has 2 heterocycles. The molecule has 1 atom stereocenters. The summed E-state index contributed by atoms with van der Waals surface area (Å²) in [6.45, 7) is 12.6. The van der Waals surface area contributed by atoms with Crippen LogP contribution in [0.25, 0.3) is 0 Å². The minimum Gasteiger partial charge on any atom is -0.312 e. The van der Waals surface area contributed by atoms with E-state index in [4.69, 9.17) is 0 Å². The zero-order chi connectivity index (χ0) is 14.9. The van der Waals surface area contributed by atoms with Gasteiger partial charge in [0.15, 0.2) is 0 Å². The zero-order valence-electron chi connectivity index (χ0n) is 13.7. The van der Waals surface area contributed by atoms with Crippen LogP contribution in [0.15, 0.2) is 35.9 Å². The summed E-state index contributed by atoms with van der Waals surface area (Å²) >= 11 is 0. The molecule has 2 aliphatic rings. The first-order valence-electron chi connectivity index (χ1n) is 8.24. The lowest BCUT2D eigenvalue weighted by atomic mass is 9.82. The highest BCUT2D eigenvalue weighted by Gasteiger charge is 2.25. The highest BCUT2D eigenvalue weighted by Crippen LogP contribution is 2.31. The number of hydrogen-bond donors (Lipinski definition) is 1. The molecular weight excluding hydrogens is 256 g/mol. The van der Waals surface area contributed by atoms with E-state index >= 15 is 0 Å². The van der Waals surface area contributed by atoms with E-state index in [2.05, 4.69) is 61.3 Å². The Balaban J connectivity index is 1.66. The maximum absolute atomic E-state index is 3.57. The van der Waals surface area contributed by atoms with Crippen molar-refractivity contribution in [1.29, 1.82) is 0 Å². The summed E-state index contributed by atoms with van der Waals surface area (Å²) in [7, 11) is 0. The highest BCUT2D eigenvalue weighted by molar-refractivity contribution is 5.33. The summed E-state index contributed by atoms with van der Waals surface area (Å²) in [5, 5.41) is 3.57. The molecule has 0 amide bonds. The third-order valence-electron chi connectivity index (χ3n) is 4.94. The normalized spacial score (nSPS) is 23.6. The summed E-state index contributed by atoms with van der Waals surface area (Å²) in [6.07, 6.45) is 3.69. The quantitative estimate of drug-likeness (QED) is 0.836. The molecule has 2 aliphatic heterocycles. The van der Waals surface area contributed by atoms with Gasteiger partial charge in [-0.3, -0.25) is 4.90 Å². The van der Waals surface area contributed by atoms with Gasteiger partial charge in [0.1, 0.15) is 0 Å². The molecule has 1 aromatic rings. The number of rotatable bonds is 2. The van der Waals surface area contributed by atoms with Gasteiger partial charge >= 0.3 is 0 Å². The van der Waals surface area contributed by atoms with Crippen LogP contribution in [-0.2, 0) is 6.54 Å². The van der Waals surface area contributed by atoms with Crippen molar-refractivity contribution in [3.8, 4) is 0 Å². The Kier molecular flexibility index (Phi) is 4.19. The Morgan fingerprint density at radius 3 is 2.76 bits per heavy atom. The lowest BCUT2D eigenvalue weighted by Crippen LogP contribution is -2.39. The lowest BCUT2D eigenvalue weighted by Gasteiger charge is -2.35. The summed E-state index contributed by atoms with van der Waals surface area (Å²) in [4.78, 5) is 2.61. The van der Waals surface area contributed by atoms with Gasteiger partial charge in [-0.15, -0.1) is 0 Å². The number of benzene rings is 1. The molecule has 21 heavy (non-hydrogen) atoms. The second-order valence-corrected chi connectivity index (χ2v) is 7.52. The molecule has 1 aromatic carbocycles. The van der Waals surface area contributed by atoms with Gasteiger partial charge in [0.25, 0.3) is 0 Å². The third kappa shape index (κ3) is 3.38. The lowest BCUT2D eigenvalue weighted by molar-refractivity contribution is 0.256. The monoisotopic (exact) mass is 284 g/mol. The Labute approximate surface area is 129 Å². The maximum Gasteiger partial charge on any atom is 0.0208 e. The Morgan fingerprint density at radius 1 is 1.24 bits per heavy atom. The predicted molar refractivity (Wildman–Crippen MR) is 89.5 cm³/mol. The zero-order valence-corrected chi connectivity index (χ0v) is 13.7. The van der Waals surface area contributed by atoms with E-state index in [0.29, 0.717) is 11.3 Å². The summed E-state index contributed by atoms with van der Waals surface area (Å²) in [5.41, 5.74) is 5.00. The summed E-state index contributed by atoms with van der Waals surface area (Å²) in [5.74, 6) is 0.638. The fraction of sp³-hybridized carbons (Fsp3) is 0.579. The molecule has 2 nitrogen and oxygen atoms in total. The average molecular weight is 284 g/mol. The molecule has 0 spiro atoms. The van der Waals surface area contributed by atoms with E-state index in [1.807, 2.05) is 0 Å². The second-order valence-electron chi connectivity index (χ2n) is 7.52. The molecule has 3 rings (SSSR count). The van der Waals surface area contributed by atoms with Gasteiger partial charge in [-0.2, -0.15) is 0 Å². The molecule has 0 saturated carbocycles. The van der Waals surface area contributed by atoms with Gasteiger partial charge in [-0.1, -0.05) is 56.7 Å². The largest absolute Gasteiger partial charge is 0.312 e. The van der Waals surface area contributed by atoms with E-state index in [-0.39, 0.29) is 0 Å². The van der Waals surface area contributed by atoms with Crippen LogP contribution in [-0.4, -0.2) is 31.1 Å². The highest BCUT2D eigenvalue weighted by atomic mass is 15.1. The smallest absolute Gasteiger partial charge is 0.0208 e. The Morgan fingerprint density at radius 2 is 2.05 bits per heavy atom. The number of hydrogen-bond acceptors (Lipinski definition) is 2. The first-order valence-corrected chi connectivity index (χ1v) is 8.24. The molecule has 114 valence electrons. The fourth-order valence-electron chi connectivity index (χ4n) is 3.62. The number of fused-ring (bicyclic) bond motifs is 1. The molecule has 0 aromatic heterocycles. The standard InChI is InChI=1S/C19H28N2/c1-19(2,3)17-8-10-21(11-9-17)14-16-13-20-12-15-6-4-5-7-18(15)16/h4-8,16,20H,9-14H2,1-3H3. The van der Waals surface area contributed by atoms with Crippen molar-refractivity contribution in [3.05, 3.63) is 47.0 Å². The third-order valence-corrected chi connectivity index (χ3v) is 4.94. The van der Waals surface area contributed by atoms with E-state index in [0.717, 1.165) is 19.6 Å². The van der Waals surface area contributed by atoms with Crippen molar-refractivity contribution in [3.63, 3.8) is 0 Å². The second kappa shape index (κ2) is 5.94. The first-order chi connectivity index (χ1) is 10.0. The molecule has 0 fully saturated rings. The van der Waals surface area contributed by atoms with Crippen LogP contribution in [0.4, 0.5) is 0 Å². The van der Waals surface area contributed by atoms with Crippen LogP contribution in [0.5, 0.6) is 0 Å². The van der Waals surface area contributed by atoms with Crippen LogP contribution in [0.3, 0.4) is 0 Å². The molecule has 0 saturated heterocycles. The molecular formula is C19H28N2. The van der Waals surface area contributed by atoms with Gasteiger partial charge < -0.3 is 5.32 Å². The van der Waals surface area contributed by atoms with E-state index < -0.39 is 0 Å². The van der Waals surface area contributed by atoms with E-state index in [1.54, 1.807) is 11.1 Å². The van der Waals surface area contributed by atoms with Crippen molar-refractivity contribution < 1.29 is 0 Å². The van der Waals surface area contributed by atoms with Crippen molar-refractivity contribution in [1.82, 2.24) is 10.2 Å². The van der Waals surface area contributed by atoms with E-state index in [9.17, 15) is 0 Å². The van der Waals surface area contributed by atoms with Gasteiger partial charge in [-0.25, -0.2) is 0 Å². The molecule has 0 bridgehead atoms.